The first-order valence-corrected chi connectivity index (χ1v) is 14.1. The van der Waals surface area contributed by atoms with Crippen LogP contribution in [0.3, 0.4) is 0 Å². The number of aromatic nitrogens is 1. The van der Waals surface area contributed by atoms with Gasteiger partial charge in [0, 0.05) is 86.9 Å². The molecule has 1 aromatic heterocycles. The van der Waals surface area contributed by atoms with Gasteiger partial charge in [-0.05, 0) is 49.8 Å². The number of nitrogens with zero attached hydrogens (tertiary/aromatic N) is 5. The Morgan fingerprint density at radius 2 is 1.58 bits per heavy atom. The van der Waals surface area contributed by atoms with Gasteiger partial charge in [-0.1, -0.05) is 23.9 Å². The fraction of sp³-hybridized carbons (Fsp3) is 0.429. The Balaban J connectivity index is 1.22. The summed E-state index contributed by atoms with van der Waals surface area (Å²) >= 11 is 1.81. The van der Waals surface area contributed by atoms with E-state index in [1.165, 1.54) is 9.93 Å². The van der Waals surface area contributed by atoms with Gasteiger partial charge in [0.15, 0.2) is 0 Å². The van der Waals surface area contributed by atoms with Crippen molar-refractivity contribution >= 4 is 34.1 Å². The molecule has 2 aromatic rings. The number of benzene rings is 1. The summed E-state index contributed by atoms with van der Waals surface area (Å²) < 4.78 is 5.59. The fourth-order valence-corrected chi connectivity index (χ4v) is 5.85. The molecule has 0 aliphatic carbocycles. The Labute approximate surface area is 229 Å². The van der Waals surface area contributed by atoms with Crippen molar-refractivity contribution in [3.05, 3.63) is 71.8 Å². The molecule has 10 heteroatoms. The monoisotopic (exact) mass is 535 g/mol. The van der Waals surface area contributed by atoms with Crippen LogP contribution in [0.2, 0.25) is 0 Å². The molecule has 0 atom stereocenters. The lowest BCUT2D eigenvalue weighted by Gasteiger charge is -2.35. The second-order valence-electron chi connectivity index (χ2n) is 9.79. The quantitative estimate of drug-likeness (QED) is 0.528. The summed E-state index contributed by atoms with van der Waals surface area (Å²) in [6.07, 6.45) is 8.98. The minimum atomic E-state index is -0.278. The minimum Gasteiger partial charge on any atom is -0.378 e. The van der Waals surface area contributed by atoms with E-state index in [2.05, 4.69) is 66.8 Å². The lowest BCUT2D eigenvalue weighted by molar-refractivity contribution is 0.0571. The molecule has 2 saturated heterocycles. The molecule has 5 rings (SSSR count). The van der Waals surface area contributed by atoms with Crippen molar-refractivity contribution in [3.63, 3.8) is 0 Å². The number of likely N-dealkylation sites (N-methyl/N-ethyl adjacent to an activating group) is 1. The summed E-state index contributed by atoms with van der Waals surface area (Å²) in [4.78, 5) is 27.3. The Hall–Kier alpha value is -3.05. The van der Waals surface area contributed by atoms with E-state index in [0.29, 0.717) is 5.69 Å². The number of carbonyl (C=O) groups is 1. The van der Waals surface area contributed by atoms with Crippen molar-refractivity contribution in [3.8, 4) is 0 Å². The van der Waals surface area contributed by atoms with Crippen LogP contribution < -0.4 is 10.6 Å². The number of hydrogen-bond acceptors (Lipinski definition) is 8. The first-order valence-electron chi connectivity index (χ1n) is 13.3. The number of carbonyl (C=O) groups excluding carboxylic acids is 1. The SMILES string of the molecule is CN1CCN(CCCN2C=C(c3ccc(NC(=O)Nc4ccncc4)cc3)SC(N3CCOCC3)=C2)CC1. The standard InChI is InChI=1S/C28H37N7O2S/c1-32-13-15-33(16-14-32)11-2-12-34-21-26(38-27(22-34)35-17-19-37-20-18-35)23-3-5-24(6-4-23)30-28(36)31-25-7-9-29-10-8-25/h3-10,21-22H,2,11-20H2,1H3,(H2,29,30,31,36). The van der Waals surface area contributed by atoms with Gasteiger partial charge < -0.3 is 35.0 Å². The zero-order chi connectivity index (χ0) is 26.2. The predicted molar refractivity (Wildman–Crippen MR) is 155 cm³/mol. The number of morpholine rings is 1. The largest absolute Gasteiger partial charge is 0.378 e. The maximum Gasteiger partial charge on any atom is 0.323 e. The smallest absolute Gasteiger partial charge is 0.323 e. The second-order valence-corrected chi connectivity index (χ2v) is 10.9. The van der Waals surface area contributed by atoms with Gasteiger partial charge in [0.1, 0.15) is 0 Å². The Morgan fingerprint density at radius 1 is 0.895 bits per heavy atom. The van der Waals surface area contributed by atoms with Gasteiger partial charge in [0.2, 0.25) is 0 Å². The zero-order valence-electron chi connectivity index (χ0n) is 22.0. The third-order valence-electron chi connectivity index (χ3n) is 6.95. The van der Waals surface area contributed by atoms with E-state index in [9.17, 15) is 4.79 Å². The summed E-state index contributed by atoms with van der Waals surface area (Å²) in [5, 5.41) is 6.99. The maximum absolute atomic E-state index is 12.4. The number of rotatable bonds is 8. The van der Waals surface area contributed by atoms with Crippen LogP contribution in [0.25, 0.3) is 4.91 Å². The number of piperazine rings is 1. The minimum absolute atomic E-state index is 0.278. The van der Waals surface area contributed by atoms with E-state index in [-0.39, 0.29) is 6.03 Å². The van der Waals surface area contributed by atoms with Crippen molar-refractivity contribution in [2.45, 2.75) is 6.42 Å². The first kappa shape index (κ1) is 26.6. The van der Waals surface area contributed by atoms with Crippen LogP contribution in [0, 0.1) is 0 Å². The molecule has 0 bridgehead atoms. The number of thioether (sulfide) groups is 1. The van der Waals surface area contributed by atoms with E-state index in [0.717, 1.165) is 83.2 Å². The van der Waals surface area contributed by atoms with Crippen molar-refractivity contribution in [2.24, 2.45) is 0 Å². The summed E-state index contributed by atoms with van der Waals surface area (Å²) in [5.41, 5.74) is 2.58. The lowest BCUT2D eigenvalue weighted by atomic mass is 10.2. The Bertz CT molecular complexity index is 1110. The van der Waals surface area contributed by atoms with Crippen molar-refractivity contribution in [1.82, 2.24) is 24.6 Å². The number of urea groups is 1. The molecular weight excluding hydrogens is 498 g/mol. The van der Waals surface area contributed by atoms with Gasteiger partial charge in [-0.15, -0.1) is 0 Å². The highest BCUT2D eigenvalue weighted by Gasteiger charge is 2.22. The van der Waals surface area contributed by atoms with Crippen LogP contribution in [-0.2, 0) is 4.74 Å². The maximum atomic E-state index is 12.4. The summed E-state index contributed by atoms with van der Waals surface area (Å²) in [6.45, 7) is 10.1. The van der Waals surface area contributed by atoms with Gasteiger partial charge in [-0.2, -0.15) is 0 Å². The number of ether oxygens (including phenoxy) is 1. The van der Waals surface area contributed by atoms with Gasteiger partial charge >= 0.3 is 6.03 Å². The van der Waals surface area contributed by atoms with Gasteiger partial charge in [0.25, 0.3) is 0 Å². The van der Waals surface area contributed by atoms with E-state index < -0.39 is 0 Å². The Kier molecular flexibility index (Phi) is 9.19. The zero-order valence-corrected chi connectivity index (χ0v) is 22.8. The average Bonchev–Trinajstić information content (AvgIpc) is 2.95. The molecule has 0 radical (unpaired) electrons. The van der Waals surface area contributed by atoms with E-state index in [1.54, 1.807) is 24.5 Å². The third-order valence-corrected chi connectivity index (χ3v) is 8.08. The van der Waals surface area contributed by atoms with Gasteiger partial charge in [-0.3, -0.25) is 4.98 Å². The van der Waals surface area contributed by atoms with Crippen LogP contribution in [-0.4, -0.2) is 103 Å². The molecule has 38 heavy (non-hydrogen) atoms. The van der Waals surface area contributed by atoms with Crippen LogP contribution in [0.15, 0.2) is 66.2 Å². The normalized spacial score (nSPS) is 19.1. The van der Waals surface area contributed by atoms with E-state index in [1.807, 2.05) is 23.9 Å². The summed E-state index contributed by atoms with van der Waals surface area (Å²) in [6, 6.07) is 11.3. The molecule has 0 spiro atoms. The molecule has 3 aliphatic rings. The number of anilines is 2. The molecule has 2 amide bonds. The molecule has 2 fully saturated rings. The lowest BCUT2D eigenvalue weighted by Crippen LogP contribution is -2.45. The van der Waals surface area contributed by atoms with Crippen molar-refractivity contribution in [1.29, 1.82) is 0 Å². The molecule has 2 N–H and O–H groups in total. The highest BCUT2D eigenvalue weighted by Crippen LogP contribution is 2.39. The molecule has 0 unspecified atom stereocenters. The number of amides is 2. The van der Waals surface area contributed by atoms with E-state index >= 15 is 0 Å². The van der Waals surface area contributed by atoms with Gasteiger partial charge in [0.05, 0.1) is 18.2 Å². The predicted octanol–water partition coefficient (Wildman–Crippen LogP) is 3.84. The third kappa shape index (κ3) is 7.50. The molecular formula is C28H37N7O2S. The summed E-state index contributed by atoms with van der Waals surface area (Å²) in [7, 11) is 2.20. The van der Waals surface area contributed by atoms with Crippen molar-refractivity contribution < 1.29 is 9.53 Å². The van der Waals surface area contributed by atoms with Crippen LogP contribution in [0.4, 0.5) is 16.2 Å². The molecule has 0 saturated carbocycles. The van der Waals surface area contributed by atoms with Crippen LogP contribution in [0.1, 0.15) is 12.0 Å². The topological polar surface area (TPSA) is 76.2 Å². The Morgan fingerprint density at radius 3 is 2.29 bits per heavy atom. The van der Waals surface area contributed by atoms with Crippen molar-refractivity contribution in [2.75, 3.05) is 83.3 Å². The van der Waals surface area contributed by atoms with Crippen LogP contribution in [0.5, 0.6) is 0 Å². The molecule has 4 heterocycles. The molecule has 202 valence electrons. The molecule has 3 aliphatic heterocycles. The van der Waals surface area contributed by atoms with E-state index in [4.69, 9.17) is 4.74 Å². The number of nitrogens with one attached hydrogen (secondary N) is 2. The average molecular weight is 536 g/mol. The number of pyridine rings is 1. The molecule has 9 nitrogen and oxygen atoms in total. The number of hydrogen-bond donors (Lipinski definition) is 2. The molecule has 1 aromatic carbocycles. The van der Waals surface area contributed by atoms with Crippen LogP contribution >= 0.6 is 11.8 Å². The summed E-state index contributed by atoms with van der Waals surface area (Å²) in [5.74, 6) is 0. The fourth-order valence-electron chi connectivity index (χ4n) is 4.68. The second kappa shape index (κ2) is 13.1. The first-order chi connectivity index (χ1) is 18.6. The van der Waals surface area contributed by atoms with Gasteiger partial charge in [-0.25, -0.2) is 4.79 Å². The highest BCUT2D eigenvalue weighted by atomic mass is 32.2. The highest BCUT2D eigenvalue weighted by molar-refractivity contribution is 8.11.